The fourth-order valence-electron chi connectivity index (χ4n) is 0.409. The molecule has 0 radical (unpaired) electrons. The van der Waals surface area contributed by atoms with E-state index < -0.39 is 0 Å². The van der Waals surface area contributed by atoms with Crippen LogP contribution >= 0.6 is 12.8 Å². The van der Waals surface area contributed by atoms with Crippen molar-refractivity contribution in [3.63, 3.8) is 0 Å². The zero-order valence-corrected chi connectivity index (χ0v) is 11.4. The molecule has 7 heavy (non-hydrogen) atoms. The lowest BCUT2D eigenvalue weighted by Gasteiger charge is -2.13. The molecule has 6 heteroatoms. The van der Waals surface area contributed by atoms with Gasteiger partial charge in [-0.15, -0.1) is 12.8 Å². The van der Waals surface area contributed by atoms with Gasteiger partial charge in [0.1, 0.15) is 0 Å². The van der Waals surface area contributed by atoms with Gasteiger partial charge < -0.3 is 3.90 Å². The van der Waals surface area contributed by atoms with E-state index in [0.717, 1.165) is 0 Å². The smallest absolute Gasteiger partial charge is 0.169 e. The fourth-order valence-corrected chi connectivity index (χ4v) is 5.96. The topological polar surface area (TPSA) is 6.48 Å². The van der Waals surface area contributed by atoms with Crippen LogP contribution in [-0.4, -0.2) is 45.6 Å². The Morgan fingerprint density at radius 2 is 2.00 bits per heavy atom. The summed E-state index contributed by atoms with van der Waals surface area (Å²) in [6.07, 6.45) is 0. The van der Waals surface area contributed by atoms with Crippen molar-refractivity contribution in [1.82, 2.24) is 7.87 Å². The number of hydrogen-bond acceptors (Lipinski definition) is 3. The van der Waals surface area contributed by atoms with E-state index in [0.29, 0.717) is 0 Å². The molecular formula is CH12N2SSi3. The summed E-state index contributed by atoms with van der Waals surface area (Å²) in [4.78, 5) is 0. The van der Waals surface area contributed by atoms with E-state index in [1.54, 1.807) is 0 Å². The summed E-state index contributed by atoms with van der Waals surface area (Å²) in [5, 5.41) is 0. The van der Waals surface area contributed by atoms with Gasteiger partial charge in [-0.2, -0.15) is 0 Å². The number of rotatable bonds is 2. The van der Waals surface area contributed by atoms with Crippen LogP contribution in [0.3, 0.4) is 0 Å². The standard InChI is InChI=1S/CH12N2SSi3/c1-2(4)7-3(5)6/h4H,7H2,1,5-6H3. The Balaban J connectivity index is 2.95. The summed E-state index contributed by atoms with van der Waals surface area (Å²) >= 11 is 4.14. The van der Waals surface area contributed by atoms with Crippen molar-refractivity contribution < 1.29 is 0 Å². The van der Waals surface area contributed by atoms with Crippen molar-refractivity contribution >= 4 is 43.5 Å². The van der Waals surface area contributed by atoms with Crippen LogP contribution in [0.15, 0.2) is 0 Å². The molecule has 0 spiro atoms. The predicted octanol–water partition coefficient (Wildman–Crippen LogP) is -3.38. The molecule has 0 aliphatic carbocycles. The molecule has 0 aromatic heterocycles. The lowest BCUT2D eigenvalue weighted by Crippen LogP contribution is -2.30. The molecule has 44 valence electrons. The molecule has 0 atom stereocenters. The molecule has 0 aliphatic rings. The Hall–Kier alpha value is 0.921. The summed E-state index contributed by atoms with van der Waals surface area (Å²) in [5.41, 5.74) is 0. The second kappa shape index (κ2) is 3.87. The molecule has 0 aromatic carbocycles. The highest BCUT2D eigenvalue weighted by atomic mass is 32.1. The highest BCUT2D eigenvalue weighted by Gasteiger charge is 1.90. The lowest BCUT2D eigenvalue weighted by atomic mass is 11.6. The van der Waals surface area contributed by atoms with E-state index in [1.807, 2.05) is 11.0 Å². The zero-order chi connectivity index (χ0) is 5.86. The molecule has 0 saturated carbocycles. The average Bonchev–Trinajstić information content (AvgIpc) is 1.27. The Labute approximate surface area is 58.8 Å². The van der Waals surface area contributed by atoms with Gasteiger partial charge in [0.05, 0.1) is 20.8 Å². The molecule has 0 bridgehead atoms. The van der Waals surface area contributed by atoms with Crippen molar-refractivity contribution in [3.8, 4) is 0 Å². The van der Waals surface area contributed by atoms with E-state index in [1.165, 1.54) is 20.8 Å². The molecule has 0 aromatic rings. The van der Waals surface area contributed by atoms with Crippen LogP contribution in [0.5, 0.6) is 0 Å². The molecule has 0 N–H and O–H groups in total. The first kappa shape index (κ1) is 7.92. The molecule has 0 fully saturated rings. The van der Waals surface area contributed by atoms with Gasteiger partial charge in [-0.1, -0.05) is 0 Å². The normalized spacial score (nSPS) is 13.7. The van der Waals surface area contributed by atoms with Crippen LogP contribution < -0.4 is 0 Å². The van der Waals surface area contributed by atoms with Gasteiger partial charge in [-0.05, 0) is 7.05 Å². The minimum atomic E-state index is -0.0648. The second-order valence-corrected chi connectivity index (χ2v) is 13.0. The Morgan fingerprint density at radius 3 is 2.00 bits per heavy atom. The maximum absolute atomic E-state index is 4.14. The molecule has 2 nitrogen and oxygen atoms in total. The van der Waals surface area contributed by atoms with Gasteiger partial charge >= 0.3 is 0 Å². The highest BCUT2D eigenvalue weighted by molar-refractivity contribution is 7.78. The third kappa shape index (κ3) is 6.92. The molecule has 0 saturated heterocycles. The summed E-state index contributed by atoms with van der Waals surface area (Å²) in [7, 11) is 4.43. The van der Waals surface area contributed by atoms with E-state index in [9.17, 15) is 0 Å². The predicted molar refractivity (Wildman–Crippen MR) is 47.0 cm³/mol. The van der Waals surface area contributed by atoms with Crippen molar-refractivity contribution in [2.24, 2.45) is 0 Å². The van der Waals surface area contributed by atoms with Crippen molar-refractivity contribution in [2.75, 3.05) is 7.05 Å². The van der Waals surface area contributed by atoms with Crippen LogP contribution in [0.4, 0.5) is 0 Å². The molecule has 0 rings (SSSR count). The van der Waals surface area contributed by atoms with Crippen LogP contribution in [-0.2, 0) is 0 Å². The Kier molecular flexibility index (Phi) is 4.38. The summed E-state index contributed by atoms with van der Waals surface area (Å²) in [6.45, 7) is 0. The number of nitrogens with zero attached hydrogens (tertiary/aromatic N) is 2. The van der Waals surface area contributed by atoms with E-state index >= 15 is 0 Å². The van der Waals surface area contributed by atoms with Crippen molar-refractivity contribution in [2.45, 2.75) is 0 Å². The molecule has 0 heterocycles. The van der Waals surface area contributed by atoms with E-state index in [2.05, 4.69) is 16.7 Å². The summed E-state index contributed by atoms with van der Waals surface area (Å²) in [6, 6.07) is 0. The van der Waals surface area contributed by atoms with Gasteiger partial charge in [-0.3, -0.25) is 3.97 Å². The average molecular weight is 168 g/mol. The first-order valence-electron chi connectivity index (χ1n) is 2.17. The number of hydrogen-bond donors (Lipinski definition) is 1. The van der Waals surface area contributed by atoms with Crippen LogP contribution in [0.25, 0.3) is 0 Å². The zero-order valence-electron chi connectivity index (χ0n) is 5.05. The molecule has 0 unspecified atom stereocenters. The first-order valence-corrected chi connectivity index (χ1v) is 5.63. The van der Waals surface area contributed by atoms with E-state index in [4.69, 9.17) is 0 Å². The molecule has 0 amide bonds. The largest absolute Gasteiger partial charge is 0.375 e. The quantitative estimate of drug-likeness (QED) is 0.340. The van der Waals surface area contributed by atoms with Crippen molar-refractivity contribution in [3.05, 3.63) is 0 Å². The minimum absolute atomic E-state index is 0.0648. The maximum atomic E-state index is 4.14. The monoisotopic (exact) mass is 168 g/mol. The molecule has 0 aliphatic heterocycles. The highest BCUT2D eigenvalue weighted by Crippen LogP contribution is 1.80. The minimum Gasteiger partial charge on any atom is -0.375 e. The van der Waals surface area contributed by atoms with Crippen LogP contribution in [0.1, 0.15) is 0 Å². The third-order valence-electron chi connectivity index (χ3n) is 0.488. The van der Waals surface area contributed by atoms with Crippen molar-refractivity contribution in [1.29, 1.82) is 0 Å². The fraction of sp³-hybridized carbons (Fsp3) is 1.00. The SMILES string of the molecule is CN(S)[SiH2]N([SiH3])[SiH3]. The van der Waals surface area contributed by atoms with Gasteiger partial charge in [-0.25, -0.2) is 0 Å². The van der Waals surface area contributed by atoms with Crippen LogP contribution in [0, 0.1) is 0 Å². The van der Waals surface area contributed by atoms with Crippen LogP contribution in [0.2, 0.25) is 0 Å². The summed E-state index contributed by atoms with van der Waals surface area (Å²) in [5.74, 6) is 0. The second-order valence-electron chi connectivity index (χ2n) is 1.88. The maximum Gasteiger partial charge on any atom is 0.169 e. The third-order valence-corrected chi connectivity index (χ3v) is 3.54. The van der Waals surface area contributed by atoms with Gasteiger partial charge in [0, 0.05) is 0 Å². The van der Waals surface area contributed by atoms with Gasteiger partial charge in [0.15, 0.2) is 9.84 Å². The van der Waals surface area contributed by atoms with E-state index in [-0.39, 0.29) is 9.84 Å². The Morgan fingerprint density at radius 1 is 1.57 bits per heavy atom. The lowest BCUT2D eigenvalue weighted by molar-refractivity contribution is 0.851. The number of thiol groups is 1. The van der Waals surface area contributed by atoms with Gasteiger partial charge in [0.25, 0.3) is 0 Å². The van der Waals surface area contributed by atoms with Gasteiger partial charge in [0.2, 0.25) is 0 Å². The Bertz CT molecular complexity index is 42.2. The molecular weight excluding hydrogens is 156 g/mol. The first-order chi connectivity index (χ1) is 3.13. The summed E-state index contributed by atoms with van der Waals surface area (Å²) < 4.78 is 4.49.